The third-order valence-corrected chi connectivity index (χ3v) is 3.25. The van der Waals surface area contributed by atoms with Crippen LogP contribution in [0.5, 0.6) is 11.8 Å². The number of nitrogens with two attached hydrogens (primary N) is 1. The molecular formula is C16H19N5O4. The predicted molar refractivity (Wildman–Crippen MR) is 90.5 cm³/mol. The van der Waals surface area contributed by atoms with Gasteiger partial charge in [0.1, 0.15) is 6.04 Å². The van der Waals surface area contributed by atoms with Gasteiger partial charge in [-0.2, -0.15) is 9.97 Å². The molecule has 0 bridgehead atoms. The molecule has 1 aromatic carbocycles. The maximum Gasteiger partial charge on any atom is 0.251 e. The van der Waals surface area contributed by atoms with Gasteiger partial charge in [0.2, 0.25) is 23.6 Å². The monoisotopic (exact) mass is 345 g/mol. The van der Waals surface area contributed by atoms with Crippen LogP contribution >= 0.6 is 0 Å². The average molecular weight is 345 g/mol. The van der Waals surface area contributed by atoms with Crippen molar-refractivity contribution in [3.05, 3.63) is 42.0 Å². The first-order valence-corrected chi connectivity index (χ1v) is 7.39. The van der Waals surface area contributed by atoms with E-state index in [9.17, 15) is 9.59 Å². The highest BCUT2D eigenvalue weighted by Crippen LogP contribution is 2.17. The topological polar surface area (TPSA) is 128 Å². The Morgan fingerprint density at radius 2 is 1.72 bits per heavy atom. The van der Waals surface area contributed by atoms with Crippen molar-refractivity contribution in [2.24, 2.45) is 5.73 Å². The molecule has 132 valence electrons. The molecule has 4 N–H and O–H groups in total. The van der Waals surface area contributed by atoms with Gasteiger partial charge in [-0.1, -0.05) is 18.2 Å². The lowest BCUT2D eigenvalue weighted by atomic mass is 10.2. The number of carbonyl (C=O) groups excluding carboxylic acids is 2. The molecule has 1 atom stereocenters. The molecule has 2 amide bonds. The van der Waals surface area contributed by atoms with Crippen LogP contribution in [-0.4, -0.2) is 48.6 Å². The molecule has 0 aliphatic rings. The second kappa shape index (κ2) is 8.48. The van der Waals surface area contributed by atoms with Gasteiger partial charge in [-0.15, -0.1) is 0 Å². The summed E-state index contributed by atoms with van der Waals surface area (Å²) in [7, 11) is 2.91. The van der Waals surface area contributed by atoms with Gasteiger partial charge in [0, 0.05) is 12.1 Å². The third-order valence-electron chi connectivity index (χ3n) is 3.25. The fraction of sp³-hybridized carbons (Fsp3) is 0.250. The molecule has 0 aliphatic heterocycles. The summed E-state index contributed by atoms with van der Waals surface area (Å²) in [6.45, 7) is 0.00420. The van der Waals surface area contributed by atoms with E-state index in [-0.39, 0.29) is 12.5 Å². The van der Waals surface area contributed by atoms with Gasteiger partial charge in [0.15, 0.2) is 0 Å². The lowest BCUT2D eigenvalue weighted by Crippen LogP contribution is -2.48. The first-order chi connectivity index (χ1) is 12.0. The van der Waals surface area contributed by atoms with Crippen LogP contribution in [-0.2, 0) is 4.79 Å². The summed E-state index contributed by atoms with van der Waals surface area (Å²) in [5, 5.41) is 5.40. The molecule has 0 spiro atoms. The molecule has 2 aromatic rings. The van der Waals surface area contributed by atoms with E-state index in [0.29, 0.717) is 17.3 Å². The minimum Gasteiger partial charge on any atom is -0.481 e. The number of aromatic nitrogens is 2. The van der Waals surface area contributed by atoms with Crippen molar-refractivity contribution in [2.75, 3.05) is 26.1 Å². The number of amides is 2. The number of nitrogens with zero attached hydrogens (tertiary/aromatic N) is 2. The molecule has 25 heavy (non-hydrogen) atoms. The lowest BCUT2D eigenvalue weighted by Gasteiger charge is -2.16. The summed E-state index contributed by atoms with van der Waals surface area (Å²) in [6, 6.07) is 9.07. The van der Waals surface area contributed by atoms with Gasteiger partial charge >= 0.3 is 0 Å². The van der Waals surface area contributed by atoms with E-state index in [4.69, 9.17) is 15.2 Å². The van der Waals surface area contributed by atoms with Gasteiger partial charge in [-0.25, -0.2) is 0 Å². The number of methoxy groups -OCH3 is 2. The zero-order valence-corrected chi connectivity index (χ0v) is 13.9. The SMILES string of the molecule is COc1cc(OC)nc(NCC(NC(=O)c2ccccc2)C(N)=O)n1. The fourth-order valence-electron chi connectivity index (χ4n) is 1.94. The zero-order valence-electron chi connectivity index (χ0n) is 13.9. The highest BCUT2D eigenvalue weighted by Gasteiger charge is 2.19. The Labute approximate surface area is 144 Å². The van der Waals surface area contributed by atoms with E-state index in [1.165, 1.54) is 20.3 Å². The molecule has 0 radical (unpaired) electrons. The Kier molecular flexibility index (Phi) is 6.10. The van der Waals surface area contributed by atoms with E-state index in [1.807, 2.05) is 0 Å². The molecule has 0 saturated carbocycles. The van der Waals surface area contributed by atoms with Crippen molar-refractivity contribution in [1.29, 1.82) is 0 Å². The van der Waals surface area contributed by atoms with Crippen LogP contribution in [0.4, 0.5) is 5.95 Å². The second-order valence-electron chi connectivity index (χ2n) is 4.95. The van der Waals surface area contributed by atoms with Crippen molar-refractivity contribution in [3.63, 3.8) is 0 Å². The summed E-state index contributed by atoms with van der Waals surface area (Å²) in [5.41, 5.74) is 5.78. The van der Waals surface area contributed by atoms with Gasteiger partial charge in [0.05, 0.1) is 20.3 Å². The molecule has 1 heterocycles. The van der Waals surface area contributed by atoms with Crippen molar-refractivity contribution in [1.82, 2.24) is 15.3 Å². The smallest absolute Gasteiger partial charge is 0.251 e. The minimum absolute atomic E-state index is 0.00420. The maximum atomic E-state index is 12.2. The van der Waals surface area contributed by atoms with Crippen molar-refractivity contribution >= 4 is 17.8 Å². The summed E-state index contributed by atoms with van der Waals surface area (Å²) >= 11 is 0. The molecule has 2 rings (SSSR count). The second-order valence-corrected chi connectivity index (χ2v) is 4.95. The summed E-state index contributed by atoms with van der Waals surface area (Å²) in [4.78, 5) is 31.9. The molecule has 0 saturated heterocycles. The van der Waals surface area contributed by atoms with Crippen LogP contribution in [0.3, 0.4) is 0 Å². The standard InChI is InChI=1S/C16H19N5O4/c1-24-12-8-13(25-2)21-16(20-12)18-9-11(14(17)22)19-15(23)10-6-4-3-5-7-10/h3-8,11H,9H2,1-2H3,(H2,17,22)(H,19,23)(H,18,20,21). The highest BCUT2D eigenvalue weighted by atomic mass is 16.5. The Hall–Kier alpha value is -3.36. The quantitative estimate of drug-likeness (QED) is 0.623. The first-order valence-electron chi connectivity index (χ1n) is 7.39. The van der Waals surface area contributed by atoms with E-state index in [2.05, 4.69) is 20.6 Å². The molecule has 9 nitrogen and oxygen atoms in total. The molecule has 9 heteroatoms. The number of rotatable bonds is 8. The van der Waals surface area contributed by atoms with Crippen molar-refractivity contribution < 1.29 is 19.1 Å². The van der Waals surface area contributed by atoms with Gasteiger partial charge < -0.3 is 25.8 Å². The van der Waals surface area contributed by atoms with Crippen LogP contribution in [0.15, 0.2) is 36.4 Å². The average Bonchev–Trinajstić information content (AvgIpc) is 2.64. The number of ether oxygens (including phenoxy) is 2. The zero-order chi connectivity index (χ0) is 18.2. The van der Waals surface area contributed by atoms with Crippen LogP contribution < -0.4 is 25.8 Å². The minimum atomic E-state index is -0.950. The normalized spacial score (nSPS) is 11.3. The fourth-order valence-corrected chi connectivity index (χ4v) is 1.94. The number of anilines is 1. The first kappa shape index (κ1) is 18.0. The van der Waals surface area contributed by atoms with Gasteiger partial charge in [-0.3, -0.25) is 9.59 Å². The molecule has 0 fully saturated rings. The number of hydrogen-bond donors (Lipinski definition) is 3. The number of carbonyl (C=O) groups is 2. The summed E-state index contributed by atoms with van der Waals surface area (Å²) < 4.78 is 10.1. The van der Waals surface area contributed by atoms with Crippen LogP contribution in [0.2, 0.25) is 0 Å². The van der Waals surface area contributed by atoms with Gasteiger partial charge in [-0.05, 0) is 12.1 Å². The van der Waals surface area contributed by atoms with Crippen molar-refractivity contribution in [3.8, 4) is 11.8 Å². The number of nitrogens with one attached hydrogen (secondary N) is 2. The highest BCUT2D eigenvalue weighted by molar-refractivity contribution is 5.97. The summed E-state index contributed by atoms with van der Waals surface area (Å²) in [6.07, 6.45) is 0. The van der Waals surface area contributed by atoms with E-state index in [0.717, 1.165) is 0 Å². The number of primary amides is 1. The lowest BCUT2D eigenvalue weighted by molar-refractivity contribution is -0.119. The largest absolute Gasteiger partial charge is 0.481 e. The summed E-state index contributed by atoms with van der Waals surface area (Å²) in [5.74, 6) is -0.338. The number of hydrogen-bond acceptors (Lipinski definition) is 7. The van der Waals surface area contributed by atoms with Gasteiger partial charge in [0.25, 0.3) is 5.91 Å². The Morgan fingerprint density at radius 3 is 2.24 bits per heavy atom. The molecule has 1 unspecified atom stereocenters. The number of benzene rings is 1. The Morgan fingerprint density at radius 1 is 1.12 bits per heavy atom. The third kappa shape index (κ3) is 5.06. The Balaban J connectivity index is 2.05. The van der Waals surface area contributed by atoms with Crippen LogP contribution in [0.25, 0.3) is 0 Å². The Bertz CT molecular complexity index is 716. The molecule has 0 aliphatic carbocycles. The van der Waals surface area contributed by atoms with Crippen LogP contribution in [0.1, 0.15) is 10.4 Å². The maximum absolute atomic E-state index is 12.2. The van der Waals surface area contributed by atoms with E-state index < -0.39 is 17.9 Å². The van der Waals surface area contributed by atoms with E-state index >= 15 is 0 Å². The predicted octanol–water partition coefficient (Wildman–Crippen LogP) is 0.190. The molecule has 1 aromatic heterocycles. The van der Waals surface area contributed by atoms with Crippen LogP contribution in [0, 0.1) is 0 Å². The van der Waals surface area contributed by atoms with E-state index in [1.54, 1.807) is 30.3 Å². The molecular weight excluding hydrogens is 326 g/mol. The van der Waals surface area contributed by atoms with Crippen molar-refractivity contribution in [2.45, 2.75) is 6.04 Å².